The number of aryl methyl sites for hydroxylation is 1. The molecule has 0 atom stereocenters. The number of nitrogens with one attached hydrogen (secondary N) is 1. The molecule has 0 aliphatic carbocycles. The fourth-order valence-corrected chi connectivity index (χ4v) is 2.09. The van der Waals surface area contributed by atoms with Gasteiger partial charge in [-0.2, -0.15) is 0 Å². The summed E-state index contributed by atoms with van der Waals surface area (Å²) >= 11 is 0. The largest absolute Gasteiger partial charge is 0.316 e. The van der Waals surface area contributed by atoms with Crippen molar-refractivity contribution in [3.8, 4) is 0 Å². The van der Waals surface area contributed by atoms with Crippen LogP contribution in [0.3, 0.4) is 0 Å². The number of hydrogen-bond acceptors (Lipinski definition) is 1. The van der Waals surface area contributed by atoms with Crippen LogP contribution in [-0.4, -0.2) is 13.1 Å². The number of halogens is 2. The van der Waals surface area contributed by atoms with E-state index in [0.29, 0.717) is 17.0 Å². The summed E-state index contributed by atoms with van der Waals surface area (Å²) < 4.78 is 27.6. The van der Waals surface area contributed by atoms with Crippen LogP contribution in [0, 0.1) is 24.5 Å². The van der Waals surface area contributed by atoms with Crippen molar-refractivity contribution < 1.29 is 8.78 Å². The molecule has 1 aromatic rings. The third kappa shape index (κ3) is 4.57. The Kier molecular flexibility index (Phi) is 5.48. The van der Waals surface area contributed by atoms with Gasteiger partial charge < -0.3 is 5.32 Å². The van der Waals surface area contributed by atoms with Crippen LogP contribution >= 0.6 is 0 Å². The van der Waals surface area contributed by atoms with Crippen LogP contribution in [0.5, 0.6) is 0 Å². The van der Waals surface area contributed by atoms with Gasteiger partial charge in [0.05, 0.1) is 0 Å². The van der Waals surface area contributed by atoms with Crippen molar-refractivity contribution in [1.29, 1.82) is 0 Å². The summed E-state index contributed by atoms with van der Waals surface area (Å²) in [6.07, 6.45) is 0.777. The monoisotopic (exact) mass is 269 g/mol. The quantitative estimate of drug-likeness (QED) is 0.764. The Balaban J connectivity index is 2.74. The van der Waals surface area contributed by atoms with Crippen LogP contribution in [0.1, 0.15) is 45.2 Å². The van der Waals surface area contributed by atoms with E-state index in [1.807, 2.05) is 13.8 Å². The molecule has 0 heterocycles. The normalized spacial score (nSPS) is 12.2. The molecule has 1 aromatic carbocycles. The summed E-state index contributed by atoms with van der Waals surface area (Å²) in [5, 5.41) is 3.34. The highest BCUT2D eigenvalue weighted by molar-refractivity contribution is 5.30. The van der Waals surface area contributed by atoms with E-state index < -0.39 is 0 Å². The molecule has 0 spiro atoms. The molecule has 1 rings (SSSR count). The van der Waals surface area contributed by atoms with Gasteiger partial charge in [-0.3, -0.25) is 0 Å². The Bertz CT molecular complexity index is 425. The standard InChI is InChI=1S/C16H25F2N/c1-11(2)10-19-7-6-16(4,5)13-9-14(17)12(3)8-15(13)18/h8-9,11,19H,6-7,10H2,1-5H3. The molecule has 1 N–H and O–H groups in total. The van der Waals surface area contributed by atoms with Gasteiger partial charge >= 0.3 is 0 Å². The van der Waals surface area contributed by atoms with Gasteiger partial charge in [-0.25, -0.2) is 8.78 Å². The molecule has 108 valence electrons. The van der Waals surface area contributed by atoms with E-state index in [1.165, 1.54) is 12.1 Å². The van der Waals surface area contributed by atoms with Crippen LogP contribution in [0.4, 0.5) is 8.78 Å². The van der Waals surface area contributed by atoms with Gasteiger partial charge in [0.15, 0.2) is 0 Å². The lowest BCUT2D eigenvalue weighted by Crippen LogP contribution is -2.28. The van der Waals surface area contributed by atoms with Crippen molar-refractivity contribution in [3.63, 3.8) is 0 Å². The first-order valence-corrected chi connectivity index (χ1v) is 6.91. The fraction of sp³-hybridized carbons (Fsp3) is 0.625. The van der Waals surface area contributed by atoms with Gasteiger partial charge in [-0.05, 0) is 61.0 Å². The number of rotatable bonds is 6. The van der Waals surface area contributed by atoms with E-state index in [9.17, 15) is 8.78 Å². The Morgan fingerprint density at radius 3 is 2.37 bits per heavy atom. The molecule has 0 saturated heterocycles. The summed E-state index contributed by atoms with van der Waals surface area (Å²) in [5.41, 5.74) is 0.444. The van der Waals surface area contributed by atoms with Crippen LogP contribution < -0.4 is 5.32 Å². The van der Waals surface area contributed by atoms with Crippen LogP contribution in [0.2, 0.25) is 0 Å². The third-order valence-electron chi connectivity index (χ3n) is 3.46. The van der Waals surface area contributed by atoms with Crippen molar-refractivity contribution in [2.24, 2.45) is 5.92 Å². The molecule has 0 amide bonds. The maximum atomic E-state index is 14.0. The topological polar surface area (TPSA) is 12.0 Å². The summed E-state index contributed by atoms with van der Waals surface area (Å²) in [6, 6.07) is 2.63. The van der Waals surface area contributed by atoms with Crippen molar-refractivity contribution in [2.45, 2.75) is 46.5 Å². The molecule has 0 saturated carbocycles. The first-order valence-electron chi connectivity index (χ1n) is 6.91. The molecule has 1 nitrogen and oxygen atoms in total. The molecule has 0 radical (unpaired) electrons. The zero-order chi connectivity index (χ0) is 14.6. The second-order valence-electron chi connectivity index (χ2n) is 6.31. The molecule has 3 heteroatoms. The Labute approximate surface area is 115 Å². The third-order valence-corrected chi connectivity index (χ3v) is 3.46. The maximum Gasteiger partial charge on any atom is 0.127 e. The Morgan fingerprint density at radius 2 is 1.79 bits per heavy atom. The van der Waals surface area contributed by atoms with Gasteiger partial charge in [-0.1, -0.05) is 27.7 Å². The lowest BCUT2D eigenvalue weighted by molar-refractivity contribution is 0.420. The number of hydrogen-bond donors (Lipinski definition) is 1. The minimum atomic E-state index is -0.372. The average Bonchev–Trinajstić information content (AvgIpc) is 2.29. The SMILES string of the molecule is Cc1cc(F)c(C(C)(C)CCNCC(C)C)cc1F. The van der Waals surface area contributed by atoms with Gasteiger partial charge in [0.25, 0.3) is 0 Å². The highest BCUT2D eigenvalue weighted by atomic mass is 19.1. The van der Waals surface area contributed by atoms with E-state index in [2.05, 4.69) is 19.2 Å². The minimum absolute atomic E-state index is 0.312. The van der Waals surface area contributed by atoms with E-state index in [4.69, 9.17) is 0 Å². The van der Waals surface area contributed by atoms with Crippen molar-refractivity contribution >= 4 is 0 Å². The summed E-state index contributed by atoms with van der Waals surface area (Å²) in [5.74, 6) is -0.0518. The van der Waals surface area contributed by atoms with Crippen molar-refractivity contribution in [2.75, 3.05) is 13.1 Å². The van der Waals surface area contributed by atoms with E-state index in [1.54, 1.807) is 6.92 Å². The lowest BCUT2D eigenvalue weighted by Gasteiger charge is -2.26. The van der Waals surface area contributed by atoms with Gasteiger partial charge in [0, 0.05) is 0 Å². The van der Waals surface area contributed by atoms with Gasteiger partial charge in [0.2, 0.25) is 0 Å². The zero-order valence-electron chi connectivity index (χ0n) is 12.6. The minimum Gasteiger partial charge on any atom is -0.316 e. The van der Waals surface area contributed by atoms with Gasteiger partial charge in [-0.15, -0.1) is 0 Å². The average molecular weight is 269 g/mol. The Hall–Kier alpha value is -0.960. The van der Waals surface area contributed by atoms with Gasteiger partial charge in [0.1, 0.15) is 11.6 Å². The molecular formula is C16H25F2N. The second kappa shape index (κ2) is 6.47. The first-order chi connectivity index (χ1) is 8.74. The molecule has 0 fully saturated rings. The first kappa shape index (κ1) is 16.1. The van der Waals surface area contributed by atoms with E-state index in [-0.39, 0.29) is 17.0 Å². The summed E-state index contributed by atoms with van der Waals surface area (Å²) in [7, 11) is 0. The van der Waals surface area contributed by atoms with E-state index >= 15 is 0 Å². The van der Waals surface area contributed by atoms with E-state index in [0.717, 1.165) is 19.5 Å². The van der Waals surface area contributed by atoms with Crippen molar-refractivity contribution in [1.82, 2.24) is 5.32 Å². The highest BCUT2D eigenvalue weighted by Gasteiger charge is 2.25. The predicted molar refractivity (Wildman–Crippen MR) is 76.4 cm³/mol. The maximum absolute atomic E-state index is 14.0. The zero-order valence-corrected chi connectivity index (χ0v) is 12.6. The molecular weight excluding hydrogens is 244 g/mol. The van der Waals surface area contributed by atoms with Crippen LogP contribution in [0.25, 0.3) is 0 Å². The molecule has 0 aliphatic rings. The summed E-state index contributed by atoms with van der Waals surface area (Å²) in [6.45, 7) is 11.5. The van der Waals surface area contributed by atoms with Crippen LogP contribution in [-0.2, 0) is 5.41 Å². The molecule has 0 aromatic heterocycles. The summed E-state index contributed by atoms with van der Waals surface area (Å²) in [4.78, 5) is 0. The van der Waals surface area contributed by atoms with Crippen molar-refractivity contribution in [3.05, 3.63) is 34.9 Å². The smallest absolute Gasteiger partial charge is 0.127 e. The fourth-order valence-electron chi connectivity index (χ4n) is 2.09. The molecule has 0 aliphatic heterocycles. The number of benzene rings is 1. The van der Waals surface area contributed by atoms with Crippen LogP contribution in [0.15, 0.2) is 12.1 Å². The molecule has 19 heavy (non-hydrogen) atoms. The molecule has 0 unspecified atom stereocenters. The lowest BCUT2D eigenvalue weighted by atomic mass is 9.80. The Morgan fingerprint density at radius 1 is 1.16 bits per heavy atom. The predicted octanol–water partition coefficient (Wildman–Crippen LogP) is 4.19. The highest BCUT2D eigenvalue weighted by Crippen LogP contribution is 2.30. The molecule has 0 bridgehead atoms. The second-order valence-corrected chi connectivity index (χ2v) is 6.31.